The molecule has 0 aliphatic carbocycles. The highest BCUT2D eigenvalue weighted by Crippen LogP contribution is 2.19. The lowest BCUT2D eigenvalue weighted by molar-refractivity contribution is 0.305. The molecule has 2 rings (SSSR count). The third-order valence-corrected chi connectivity index (χ3v) is 4.14. The minimum absolute atomic E-state index is 0.543. The molecule has 4 heteroatoms. The number of nitrogens with one attached hydrogen (secondary N) is 1. The lowest BCUT2D eigenvalue weighted by atomic mass is 10.1. The fraction of sp³-hybridized carbons (Fsp3) is 0.438. The first-order valence-electron chi connectivity index (χ1n) is 7.03. The summed E-state index contributed by atoms with van der Waals surface area (Å²) in [4.78, 5) is 5.66. The van der Waals surface area contributed by atoms with Crippen LogP contribution in [-0.2, 0) is 13.2 Å². The number of aryl methyl sites for hydroxylation is 2. The average Bonchev–Trinajstić information content (AvgIpc) is 2.88. The van der Waals surface area contributed by atoms with E-state index in [9.17, 15) is 0 Å². The Hall–Kier alpha value is -1.39. The molecule has 0 aliphatic rings. The summed E-state index contributed by atoms with van der Waals surface area (Å²) in [6.45, 7) is 8.86. The number of hydrogen-bond donors (Lipinski definition) is 1. The van der Waals surface area contributed by atoms with E-state index in [2.05, 4.69) is 43.2 Å². The summed E-state index contributed by atoms with van der Waals surface area (Å²) < 4.78 is 5.79. The Morgan fingerprint density at radius 1 is 1.25 bits per heavy atom. The maximum Gasteiger partial charge on any atom is 0.140 e. The van der Waals surface area contributed by atoms with Gasteiger partial charge in [0.05, 0.1) is 0 Å². The van der Waals surface area contributed by atoms with E-state index in [0.29, 0.717) is 6.61 Å². The van der Waals surface area contributed by atoms with Gasteiger partial charge in [-0.1, -0.05) is 13.0 Å². The highest BCUT2D eigenvalue weighted by atomic mass is 32.1. The first-order valence-corrected chi connectivity index (χ1v) is 7.85. The fourth-order valence-electron chi connectivity index (χ4n) is 1.83. The third kappa shape index (κ3) is 4.32. The Morgan fingerprint density at radius 2 is 2.10 bits per heavy atom. The lowest BCUT2D eigenvalue weighted by Crippen LogP contribution is -2.12. The summed E-state index contributed by atoms with van der Waals surface area (Å²) in [7, 11) is 0. The van der Waals surface area contributed by atoms with E-state index in [0.717, 1.165) is 30.3 Å². The summed E-state index contributed by atoms with van der Waals surface area (Å²) in [5.41, 5.74) is 2.54. The van der Waals surface area contributed by atoms with Gasteiger partial charge in [-0.3, -0.25) is 0 Å². The maximum atomic E-state index is 5.79. The van der Waals surface area contributed by atoms with Crippen molar-refractivity contribution in [3.8, 4) is 5.75 Å². The van der Waals surface area contributed by atoms with Gasteiger partial charge >= 0.3 is 0 Å². The van der Waals surface area contributed by atoms with Gasteiger partial charge in [-0.2, -0.15) is 0 Å². The van der Waals surface area contributed by atoms with E-state index in [1.165, 1.54) is 16.0 Å². The van der Waals surface area contributed by atoms with Crippen molar-refractivity contribution < 1.29 is 4.74 Å². The van der Waals surface area contributed by atoms with E-state index in [1.54, 1.807) is 11.3 Å². The number of ether oxygens (including phenoxy) is 1. The molecule has 0 saturated heterocycles. The van der Waals surface area contributed by atoms with Crippen LogP contribution in [0.1, 0.15) is 34.4 Å². The predicted molar refractivity (Wildman–Crippen MR) is 84.4 cm³/mol. The Bertz CT molecular complexity index is 551. The molecule has 0 atom stereocenters. The third-order valence-electron chi connectivity index (χ3n) is 3.17. The molecule has 0 spiro atoms. The van der Waals surface area contributed by atoms with Crippen LogP contribution < -0.4 is 10.1 Å². The highest BCUT2D eigenvalue weighted by molar-refractivity contribution is 7.11. The Kier molecular flexibility index (Phi) is 5.56. The van der Waals surface area contributed by atoms with E-state index in [-0.39, 0.29) is 0 Å². The summed E-state index contributed by atoms with van der Waals surface area (Å²) in [6, 6.07) is 6.18. The summed E-state index contributed by atoms with van der Waals surface area (Å²) in [6.07, 6.45) is 3.09. The van der Waals surface area contributed by atoms with Crippen molar-refractivity contribution >= 4 is 11.3 Å². The molecule has 0 aliphatic heterocycles. The van der Waals surface area contributed by atoms with Crippen LogP contribution in [0.5, 0.6) is 5.75 Å². The zero-order valence-corrected chi connectivity index (χ0v) is 13.2. The Balaban J connectivity index is 1.85. The first-order chi connectivity index (χ1) is 9.69. The number of benzene rings is 1. The van der Waals surface area contributed by atoms with Gasteiger partial charge in [0.15, 0.2) is 0 Å². The fourth-order valence-corrected chi connectivity index (χ4v) is 2.64. The molecule has 2 aromatic rings. The SMILES string of the molecule is CCCNCc1cnc(COc2ccc(C)c(C)c2)s1. The molecule has 0 fully saturated rings. The zero-order valence-electron chi connectivity index (χ0n) is 12.4. The molecule has 0 amide bonds. The molecule has 20 heavy (non-hydrogen) atoms. The van der Waals surface area contributed by atoms with Crippen molar-refractivity contribution in [3.63, 3.8) is 0 Å². The molecule has 1 aromatic heterocycles. The standard InChI is InChI=1S/C16H22N2OS/c1-4-7-17-9-15-10-18-16(20-15)11-19-14-6-5-12(2)13(3)8-14/h5-6,8,10,17H,4,7,9,11H2,1-3H3. The van der Waals surface area contributed by atoms with Crippen molar-refractivity contribution in [1.82, 2.24) is 10.3 Å². The molecular formula is C16H22N2OS. The largest absolute Gasteiger partial charge is 0.486 e. The van der Waals surface area contributed by atoms with Crippen molar-refractivity contribution in [3.05, 3.63) is 45.4 Å². The smallest absolute Gasteiger partial charge is 0.140 e. The normalized spacial score (nSPS) is 10.8. The minimum atomic E-state index is 0.543. The quantitative estimate of drug-likeness (QED) is 0.787. The van der Waals surface area contributed by atoms with Gasteiger partial charge in [0.2, 0.25) is 0 Å². The average molecular weight is 290 g/mol. The second kappa shape index (κ2) is 7.41. The monoisotopic (exact) mass is 290 g/mol. The van der Waals surface area contributed by atoms with Gasteiger partial charge in [0.25, 0.3) is 0 Å². The van der Waals surface area contributed by atoms with Gasteiger partial charge in [-0.25, -0.2) is 4.98 Å². The molecule has 0 bridgehead atoms. The van der Waals surface area contributed by atoms with E-state index < -0.39 is 0 Å². The van der Waals surface area contributed by atoms with Crippen LogP contribution in [0.15, 0.2) is 24.4 Å². The number of aromatic nitrogens is 1. The summed E-state index contributed by atoms with van der Waals surface area (Å²) in [5, 5.41) is 4.41. The van der Waals surface area contributed by atoms with Crippen molar-refractivity contribution in [2.75, 3.05) is 6.54 Å². The summed E-state index contributed by atoms with van der Waals surface area (Å²) >= 11 is 1.71. The Labute approximate surface area is 125 Å². The van der Waals surface area contributed by atoms with Crippen LogP contribution in [-0.4, -0.2) is 11.5 Å². The molecule has 1 N–H and O–H groups in total. The van der Waals surface area contributed by atoms with Crippen LogP contribution >= 0.6 is 11.3 Å². The van der Waals surface area contributed by atoms with Crippen LogP contribution in [0, 0.1) is 13.8 Å². The van der Waals surface area contributed by atoms with E-state index in [1.807, 2.05) is 12.3 Å². The van der Waals surface area contributed by atoms with Crippen molar-refractivity contribution in [1.29, 1.82) is 0 Å². The van der Waals surface area contributed by atoms with Crippen LogP contribution in [0.25, 0.3) is 0 Å². The highest BCUT2D eigenvalue weighted by Gasteiger charge is 2.03. The molecule has 1 aromatic carbocycles. The molecule has 0 radical (unpaired) electrons. The van der Waals surface area contributed by atoms with Crippen molar-refractivity contribution in [2.45, 2.75) is 40.3 Å². The molecule has 1 heterocycles. The van der Waals surface area contributed by atoms with Gasteiger partial charge in [-0.05, 0) is 50.1 Å². The molecule has 0 unspecified atom stereocenters. The van der Waals surface area contributed by atoms with Gasteiger partial charge in [0, 0.05) is 17.6 Å². The van der Waals surface area contributed by atoms with E-state index in [4.69, 9.17) is 4.74 Å². The summed E-state index contributed by atoms with van der Waals surface area (Å²) in [5.74, 6) is 0.911. The Morgan fingerprint density at radius 3 is 2.85 bits per heavy atom. The van der Waals surface area contributed by atoms with E-state index >= 15 is 0 Å². The zero-order chi connectivity index (χ0) is 14.4. The minimum Gasteiger partial charge on any atom is -0.486 e. The van der Waals surface area contributed by atoms with Crippen LogP contribution in [0.3, 0.4) is 0 Å². The number of hydrogen-bond acceptors (Lipinski definition) is 4. The van der Waals surface area contributed by atoms with Gasteiger partial charge < -0.3 is 10.1 Å². The lowest BCUT2D eigenvalue weighted by Gasteiger charge is -2.06. The van der Waals surface area contributed by atoms with Crippen LogP contribution in [0.2, 0.25) is 0 Å². The number of thiazole rings is 1. The van der Waals surface area contributed by atoms with Gasteiger partial charge in [0.1, 0.15) is 17.4 Å². The van der Waals surface area contributed by atoms with Crippen molar-refractivity contribution in [2.24, 2.45) is 0 Å². The topological polar surface area (TPSA) is 34.2 Å². The second-order valence-electron chi connectivity index (χ2n) is 4.93. The van der Waals surface area contributed by atoms with Gasteiger partial charge in [-0.15, -0.1) is 11.3 Å². The molecular weight excluding hydrogens is 268 g/mol. The van der Waals surface area contributed by atoms with Crippen LogP contribution in [0.4, 0.5) is 0 Å². The number of rotatable bonds is 7. The molecule has 0 saturated carbocycles. The number of nitrogens with zero attached hydrogens (tertiary/aromatic N) is 1. The molecule has 3 nitrogen and oxygen atoms in total. The predicted octanol–water partition coefficient (Wildman–Crippen LogP) is 3.84. The maximum absolute atomic E-state index is 5.79. The second-order valence-corrected chi connectivity index (χ2v) is 6.13. The molecule has 108 valence electrons. The first kappa shape index (κ1) is 15.0.